The van der Waals surface area contributed by atoms with Gasteiger partial charge in [-0.2, -0.15) is 0 Å². The maximum Gasteiger partial charge on any atom is 0.135 e. The molecule has 1 N–H and O–H groups in total. The molecule has 2 rings (SSSR count). The lowest BCUT2D eigenvalue weighted by molar-refractivity contribution is 0.305. The zero-order valence-corrected chi connectivity index (χ0v) is 10.8. The molecule has 0 saturated heterocycles. The highest BCUT2D eigenvalue weighted by molar-refractivity contribution is 5.48. The van der Waals surface area contributed by atoms with Gasteiger partial charge in [0.1, 0.15) is 19.0 Å². The number of hydrogen-bond acceptors (Lipinski definition) is 3. The van der Waals surface area contributed by atoms with Crippen LogP contribution in [0, 0.1) is 18.8 Å². The Bertz CT molecular complexity index is 597. The molecule has 1 heterocycles. The molecule has 0 radical (unpaired) electrons. The molecule has 0 spiro atoms. The number of pyridine rings is 1. The number of aromatic nitrogens is 1. The molecule has 19 heavy (non-hydrogen) atoms. The maximum atomic E-state index is 8.77. The summed E-state index contributed by atoms with van der Waals surface area (Å²) < 4.78 is 5.76. The normalized spacial score (nSPS) is 9.58. The van der Waals surface area contributed by atoms with E-state index in [4.69, 9.17) is 9.84 Å². The van der Waals surface area contributed by atoms with Crippen molar-refractivity contribution in [3.63, 3.8) is 0 Å². The van der Waals surface area contributed by atoms with Crippen molar-refractivity contribution in [3.05, 3.63) is 59.4 Å². The molecule has 0 saturated carbocycles. The number of hydrogen-bond donors (Lipinski definition) is 1. The van der Waals surface area contributed by atoms with Crippen LogP contribution >= 0.6 is 0 Å². The van der Waals surface area contributed by atoms with Gasteiger partial charge in [0.15, 0.2) is 0 Å². The number of benzene rings is 1. The minimum Gasteiger partial charge on any atom is -0.488 e. The summed E-state index contributed by atoms with van der Waals surface area (Å²) in [5.41, 5.74) is 2.96. The van der Waals surface area contributed by atoms with E-state index in [1.807, 2.05) is 37.3 Å². The number of aliphatic hydroxyl groups excluding tert-OH is 1. The van der Waals surface area contributed by atoms with Gasteiger partial charge in [0.2, 0.25) is 0 Å². The molecule has 0 fully saturated rings. The van der Waals surface area contributed by atoms with E-state index in [-0.39, 0.29) is 6.61 Å². The first-order chi connectivity index (χ1) is 9.29. The first-order valence-corrected chi connectivity index (χ1v) is 6.01. The molecule has 3 nitrogen and oxygen atoms in total. The van der Waals surface area contributed by atoms with Gasteiger partial charge < -0.3 is 9.84 Å². The van der Waals surface area contributed by atoms with E-state index in [1.165, 1.54) is 0 Å². The SMILES string of the molecule is Cc1ccc(OCc2ccncc2)c(C#CCO)c1. The Hall–Kier alpha value is -2.31. The molecule has 0 amide bonds. The van der Waals surface area contributed by atoms with Crippen LogP contribution in [0.5, 0.6) is 5.75 Å². The molecular weight excluding hydrogens is 238 g/mol. The summed E-state index contributed by atoms with van der Waals surface area (Å²) >= 11 is 0. The second-order valence-corrected chi connectivity index (χ2v) is 4.10. The zero-order valence-electron chi connectivity index (χ0n) is 10.8. The lowest BCUT2D eigenvalue weighted by Crippen LogP contribution is -1.97. The first kappa shape index (κ1) is 13.1. The van der Waals surface area contributed by atoms with Crippen LogP contribution in [0.15, 0.2) is 42.7 Å². The van der Waals surface area contributed by atoms with Crippen LogP contribution < -0.4 is 4.74 Å². The highest BCUT2D eigenvalue weighted by atomic mass is 16.5. The molecule has 0 aliphatic rings. The molecule has 0 aliphatic carbocycles. The maximum absolute atomic E-state index is 8.77. The molecular formula is C16H15NO2. The van der Waals surface area contributed by atoms with E-state index in [0.717, 1.165) is 22.4 Å². The van der Waals surface area contributed by atoms with Gasteiger partial charge in [-0.1, -0.05) is 17.9 Å². The van der Waals surface area contributed by atoms with Crippen LogP contribution in [0.1, 0.15) is 16.7 Å². The van der Waals surface area contributed by atoms with Crippen molar-refractivity contribution in [2.45, 2.75) is 13.5 Å². The summed E-state index contributed by atoms with van der Waals surface area (Å²) in [6.45, 7) is 2.31. The minimum absolute atomic E-state index is 0.155. The fourth-order valence-corrected chi connectivity index (χ4v) is 1.64. The lowest BCUT2D eigenvalue weighted by atomic mass is 10.1. The molecule has 0 unspecified atom stereocenters. The van der Waals surface area contributed by atoms with Gasteiger partial charge in [0, 0.05) is 12.4 Å². The van der Waals surface area contributed by atoms with Crippen LogP contribution in [-0.2, 0) is 6.61 Å². The van der Waals surface area contributed by atoms with Gasteiger partial charge in [-0.15, -0.1) is 0 Å². The predicted molar refractivity (Wildman–Crippen MR) is 73.7 cm³/mol. The third-order valence-corrected chi connectivity index (χ3v) is 2.58. The summed E-state index contributed by atoms with van der Waals surface area (Å²) in [7, 11) is 0. The Morgan fingerprint density at radius 3 is 2.74 bits per heavy atom. The van der Waals surface area contributed by atoms with Gasteiger partial charge in [0.05, 0.1) is 5.56 Å². The van der Waals surface area contributed by atoms with Crippen molar-refractivity contribution in [2.24, 2.45) is 0 Å². The second kappa shape index (κ2) is 6.58. The van der Waals surface area contributed by atoms with Crippen molar-refractivity contribution < 1.29 is 9.84 Å². The predicted octanol–water partition coefficient (Wildman–Crippen LogP) is 2.31. The molecule has 3 heteroatoms. The second-order valence-electron chi connectivity index (χ2n) is 4.10. The van der Waals surface area contributed by atoms with Crippen LogP contribution in [0.25, 0.3) is 0 Å². The molecule has 0 aliphatic heterocycles. The van der Waals surface area contributed by atoms with Gasteiger partial charge >= 0.3 is 0 Å². The summed E-state index contributed by atoms with van der Waals surface area (Å²) in [6, 6.07) is 9.65. The van der Waals surface area contributed by atoms with Gasteiger partial charge in [-0.3, -0.25) is 4.98 Å². The third-order valence-electron chi connectivity index (χ3n) is 2.58. The molecule has 1 aromatic carbocycles. The van der Waals surface area contributed by atoms with Crippen molar-refractivity contribution in [2.75, 3.05) is 6.61 Å². The largest absolute Gasteiger partial charge is 0.488 e. The van der Waals surface area contributed by atoms with Crippen molar-refractivity contribution in [3.8, 4) is 17.6 Å². The van der Waals surface area contributed by atoms with Crippen molar-refractivity contribution in [1.29, 1.82) is 0 Å². The summed E-state index contributed by atoms with van der Waals surface area (Å²) in [6.07, 6.45) is 3.47. The number of aliphatic hydroxyl groups is 1. The average Bonchev–Trinajstić information content (AvgIpc) is 2.45. The summed E-state index contributed by atoms with van der Waals surface area (Å²) in [4.78, 5) is 3.96. The highest BCUT2D eigenvalue weighted by Crippen LogP contribution is 2.20. The highest BCUT2D eigenvalue weighted by Gasteiger charge is 2.02. The lowest BCUT2D eigenvalue weighted by Gasteiger charge is -2.09. The van der Waals surface area contributed by atoms with Gasteiger partial charge in [0.25, 0.3) is 0 Å². The smallest absolute Gasteiger partial charge is 0.135 e. The van der Waals surface area contributed by atoms with E-state index in [0.29, 0.717) is 6.61 Å². The topological polar surface area (TPSA) is 42.4 Å². The van der Waals surface area contributed by atoms with Crippen LogP contribution in [0.2, 0.25) is 0 Å². The monoisotopic (exact) mass is 253 g/mol. The first-order valence-electron chi connectivity index (χ1n) is 6.01. The minimum atomic E-state index is -0.155. The number of ether oxygens (including phenoxy) is 1. The van der Waals surface area contributed by atoms with Crippen LogP contribution in [0.4, 0.5) is 0 Å². The summed E-state index contributed by atoms with van der Waals surface area (Å²) in [5, 5.41) is 8.77. The van der Waals surface area contributed by atoms with Gasteiger partial charge in [-0.05, 0) is 42.3 Å². The van der Waals surface area contributed by atoms with Crippen molar-refractivity contribution >= 4 is 0 Å². The number of nitrogens with zero attached hydrogens (tertiary/aromatic N) is 1. The van der Waals surface area contributed by atoms with Crippen LogP contribution in [-0.4, -0.2) is 16.7 Å². The van der Waals surface area contributed by atoms with Gasteiger partial charge in [-0.25, -0.2) is 0 Å². The fourth-order valence-electron chi connectivity index (χ4n) is 1.64. The van der Waals surface area contributed by atoms with E-state index in [9.17, 15) is 0 Å². The number of aryl methyl sites for hydroxylation is 1. The van der Waals surface area contributed by atoms with E-state index < -0.39 is 0 Å². The molecule has 0 atom stereocenters. The third kappa shape index (κ3) is 3.84. The standard InChI is InChI=1S/C16H15NO2/c1-13-4-5-16(15(11-13)3-2-10-18)19-12-14-6-8-17-9-7-14/h4-9,11,18H,10,12H2,1H3. The zero-order chi connectivity index (χ0) is 13.5. The quantitative estimate of drug-likeness (QED) is 0.854. The Kier molecular flexibility index (Phi) is 4.54. The van der Waals surface area contributed by atoms with E-state index in [1.54, 1.807) is 12.4 Å². The van der Waals surface area contributed by atoms with E-state index >= 15 is 0 Å². The molecule has 2 aromatic rings. The van der Waals surface area contributed by atoms with E-state index in [2.05, 4.69) is 16.8 Å². The molecule has 96 valence electrons. The molecule has 0 bridgehead atoms. The Morgan fingerprint density at radius 2 is 2.00 bits per heavy atom. The van der Waals surface area contributed by atoms with Crippen molar-refractivity contribution in [1.82, 2.24) is 4.98 Å². The Balaban J connectivity index is 2.15. The Morgan fingerprint density at radius 1 is 1.21 bits per heavy atom. The van der Waals surface area contributed by atoms with Crippen LogP contribution in [0.3, 0.4) is 0 Å². The fraction of sp³-hybridized carbons (Fsp3) is 0.188. The number of rotatable bonds is 3. The molecule has 1 aromatic heterocycles. The Labute approximate surface area is 112 Å². The summed E-state index contributed by atoms with van der Waals surface area (Å²) in [5.74, 6) is 6.27. The average molecular weight is 253 g/mol.